The fourth-order valence-corrected chi connectivity index (χ4v) is 1.89. The van der Waals surface area contributed by atoms with E-state index in [1.807, 2.05) is 0 Å². The van der Waals surface area contributed by atoms with E-state index in [1.165, 1.54) is 12.1 Å². The van der Waals surface area contributed by atoms with Crippen molar-refractivity contribution in [2.45, 2.75) is 0 Å². The van der Waals surface area contributed by atoms with Gasteiger partial charge in [0.15, 0.2) is 6.61 Å². The molecule has 0 aliphatic heterocycles. The molecular formula is C15H10BrF2NO3. The minimum Gasteiger partial charge on any atom is -0.452 e. The molecule has 0 saturated heterocycles. The number of carbonyl (C=O) groups excluding carboxylic acids is 2. The van der Waals surface area contributed by atoms with Crippen molar-refractivity contribution in [1.29, 1.82) is 0 Å². The molecule has 0 spiro atoms. The highest BCUT2D eigenvalue weighted by atomic mass is 79.9. The lowest BCUT2D eigenvalue weighted by molar-refractivity contribution is -0.119. The molecular weight excluding hydrogens is 360 g/mol. The summed E-state index contributed by atoms with van der Waals surface area (Å²) in [5.74, 6) is -3.01. The van der Waals surface area contributed by atoms with Gasteiger partial charge in [0, 0.05) is 16.2 Å². The van der Waals surface area contributed by atoms with Crippen LogP contribution in [0.1, 0.15) is 10.4 Å². The minimum absolute atomic E-state index is 0.0535. The van der Waals surface area contributed by atoms with Crippen molar-refractivity contribution in [2.75, 3.05) is 11.9 Å². The van der Waals surface area contributed by atoms with Gasteiger partial charge < -0.3 is 10.1 Å². The van der Waals surface area contributed by atoms with Crippen molar-refractivity contribution in [3.63, 3.8) is 0 Å². The number of ether oxygens (including phenoxy) is 1. The number of hydrogen-bond acceptors (Lipinski definition) is 3. The van der Waals surface area contributed by atoms with Gasteiger partial charge in [-0.3, -0.25) is 4.79 Å². The monoisotopic (exact) mass is 369 g/mol. The number of anilines is 1. The zero-order valence-corrected chi connectivity index (χ0v) is 12.7. The first kappa shape index (κ1) is 16.1. The van der Waals surface area contributed by atoms with Crippen molar-refractivity contribution in [3.05, 3.63) is 64.1 Å². The SMILES string of the molecule is O=C(COC(=O)c1ccc(Br)cc1)Nc1cc(F)cc(F)c1. The van der Waals surface area contributed by atoms with E-state index in [4.69, 9.17) is 4.74 Å². The lowest BCUT2D eigenvalue weighted by Gasteiger charge is -2.07. The molecule has 22 heavy (non-hydrogen) atoms. The first-order valence-corrected chi connectivity index (χ1v) is 6.92. The van der Waals surface area contributed by atoms with Gasteiger partial charge in [-0.25, -0.2) is 13.6 Å². The molecule has 0 aliphatic carbocycles. The molecule has 0 fully saturated rings. The largest absolute Gasteiger partial charge is 0.452 e. The molecule has 0 heterocycles. The van der Waals surface area contributed by atoms with Crippen molar-refractivity contribution in [2.24, 2.45) is 0 Å². The normalized spacial score (nSPS) is 10.1. The van der Waals surface area contributed by atoms with Crippen LogP contribution in [0, 0.1) is 11.6 Å². The van der Waals surface area contributed by atoms with Gasteiger partial charge in [0.25, 0.3) is 5.91 Å². The summed E-state index contributed by atoms with van der Waals surface area (Å²) >= 11 is 3.23. The second kappa shape index (κ2) is 7.13. The number of benzene rings is 2. The number of esters is 1. The van der Waals surface area contributed by atoms with Crippen LogP contribution in [-0.2, 0) is 9.53 Å². The maximum Gasteiger partial charge on any atom is 0.338 e. The average Bonchev–Trinajstić information content (AvgIpc) is 2.44. The predicted molar refractivity (Wildman–Crippen MR) is 79.4 cm³/mol. The Morgan fingerprint density at radius 2 is 1.64 bits per heavy atom. The van der Waals surface area contributed by atoms with Crippen LogP contribution in [0.15, 0.2) is 46.9 Å². The van der Waals surface area contributed by atoms with Gasteiger partial charge in [0.2, 0.25) is 0 Å². The number of hydrogen-bond donors (Lipinski definition) is 1. The quantitative estimate of drug-likeness (QED) is 0.838. The third-order valence-electron chi connectivity index (χ3n) is 2.56. The van der Waals surface area contributed by atoms with Gasteiger partial charge in [-0.05, 0) is 36.4 Å². The van der Waals surface area contributed by atoms with Crippen LogP contribution < -0.4 is 5.32 Å². The molecule has 2 aromatic carbocycles. The number of halogens is 3. The highest BCUT2D eigenvalue weighted by Gasteiger charge is 2.11. The summed E-state index contributed by atoms with van der Waals surface area (Å²) in [6.07, 6.45) is 0. The predicted octanol–water partition coefficient (Wildman–Crippen LogP) is 3.52. The lowest BCUT2D eigenvalue weighted by Crippen LogP contribution is -2.21. The zero-order valence-electron chi connectivity index (χ0n) is 11.1. The summed E-state index contributed by atoms with van der Waals surface area (Å²) in [5, 5.41) is 2.24. The average molecular weight is 370 g/mol. The summed E-state index contributed by atoms with van der Waals surface area (Å²) in [6, 6.07) is 8.98. The molecule has 0 atom stereocenters. The van der Waals surface area contributed by atoms with Crippen LogP contribution in [0.2, 0.25) is 0 Å². The molecule has 0 unspecified atom stereocenters. The minimum atomic E-state index is -0.817. The Morgan fingerprint density at radius 3 is 2.23 bits per heavy atom. The van der Waals surface area contributed by atoms with Gasteiger partial charge in [-0.2, -0.15) is 0 Å². The van der Waals surface area contributed by atoms with E-state index in [0.717, 1.165) is 16.6 Å². The molecule has 2 rings (SSSR count). The maximum atomic E-state index is 13.0. The first-order chi connectivity index (χ1) is 10.4. The molecule has 2 aromatic rings. The van der Waals surface area contributed by atoms with Crippen LogP contribution in [-0.4, -0.2) is 18.5 Å². The van der Waals surface area contributed by atoms with Gasteiger partial charge in [0.05, 0.1) is 5.56 Å². The van der Waals surface area contributed by atoms with Crippen LogP contribution in [0.4, 0.5) is 14.5 Å². The number of nitrogens with one attached hydrogen (secondary N) is 1. The van der Waals surface area contributed by atoms with Crippen molar-refractivity contribution in [3.8, 4) is 0 Å². The van der Waals surface area contributed by atoms with Gasteiger partial charge >= 0.3 is 5.97 Å². The van der Waals surface area contributed by atoms with E-state index in [0.29, 0.717) is 6.07 Å². The number of rotatable bonds is 4. The van der Waals surface area contributed by atoms with E-state index < -0.39 is 30.1 Å². The molecule has 0 aliphatic rings. The summed E-state index contributed by atoms with van der Waals surface area (Å²) in [5.41, 5.74) is 0.231. The Balaban J connectivity index is 1.89. The number of amides is 1. The Hall–Kier alpha value is -2.28. The van der Waals surface area contributed by atoms with Crippen LogP contribution >= 0.6 is 15.9 Å². The van der Waals surface area contributed by atoms with Gasteiger partial charge in [0.1, 0.15) is 11.6 Å². The molecule has 0 saturated carbocycles. The summed E-state index contributed by atoms with van der Waals surface area (Å²) in [6.45, 7) is -0.562. The Labute approximate surface area is 133 Å². The number of carbonyl (C=O) groups is 2. The van der Waals surface area contributed by atoms with E-state index in [9.17, 15) is 18.4 Å². The highest BCUT2D eigenvalue weighted by Crippen LogP contribution is 2.13. The van der Waals surface area contributed by atoms with Crippen molar-refractivity contribution < 1.29 is 23.1 Å². The van der Waals surface area contributed by atoms with Gasteiger partial charge in [-0.15, -0.1) is 0 Å². The Kier molecular flexibility index (Phi) is 5.21. The fourth-order valence-electron chi connectivity index (χ4n) is 1.62. The van der Waals surface area contributed by atoms with Crippen LogP contribution in [0.3, 0.4) is 0 Å². The smallest absolute Gasteiger partial charge is 0.338 e. The van der Waals surface area contributed by atoms with Crippen LogP contribution in [0.5, 0.6) is 0 Å². The molecule has 4 nitrogen and oxygen atoms in total. The van der Waals surface area contributed by atoms with Crippen molar-refractivity contribution >= 4 is 33.5 Å². The van der Waals surface area contributed by atoms with Crippen LogP contribution in [0.25, 0.3) is 0 Å². The molecule has 0 bridgehead atoms. The third kappa shape index (κ3) is 4.63. The lowest BCUT2D eigenvalue weighted by atomic mass is 10.2. The van der Waals surface area contributed by atoms with E-state index in [2.05, 4.69) is 21.2 Å². The van der Waals surface area contributed by atoms with Crippen molar-refractivity contribution in [1.82, 2.24) is 0 Å². The van der Waals surface area contributed by atoms with E-state index in [-0.39, 0.29) is 11.3 Å². The van der Waals surface area contributed by atoms with E-state index >= 15 is 0 Å². The molecule has 7 heteroatoms. The summed E-state index contributed by atoms with van der Waals surface area (Å²) in [4.78, 5) is 23.3. The topological polar surface area (TPSA) is 55.4 Å². The summed E-state index contributed by atoms with van der Waals surface area (Å²) in [7, 11) is 0. The second-order valence-electron chi connectivity index (χ2n) is 4.29. The summed E-state index contributed by atoms with van der Waals surface area (Å²) < 4.78 is 31.5. The fraction of sp³-hybridized carbons (Fsp3) is 0.0667. The zero-order chi connectivity index (χ0) is 16.1. The van der Waals surface area contributed by atoms with E-state index in [1.54, 1.807) is 12.1 Å². The first-order valence-electron chi connectivity index (χ1n) is 6.12. The molecule has 114 valence electrons. The molecule has 0 aromatic heterocycles. The Morgan fingerprint density at radius 1 is 1.05 bits per heavy atom. The maximum absolute atomic E-state index is 13.0. The molecule has 0 radical (unpaired) electrons. The van der Waals surface area contributed by atoms with Gasteiger partial charge in [-0.1, -0.05) is 15.9 Å². The molecule has 1 N–H and O–H groups in total. The Bertz CT molecular complexity index is 684. The highest BCUT2D eigenvalue weighted by molar-refractivity contribution is 9.10. The third-order valence-corrected chi connectivity index (χ3v) is 3.09. The second-order valence-corrected chi connectivity index (χ2v) is 5.21. The standard InChI is InChI=1S/C15H10BrF2NO3/c16-10-3-1-9(2-4-10)15(21)22-8-14(20)19-13-6-11(17)5-12(18)7-13/h1-7H,8H2,(H,19,20). The molecule has 1 amide bonds.